The molecule has 2 aliphatic heterocycles. The van der Waals surface area contributed by atoms with Crippen molar-refractivity contribution in [1.29, 1.82) is 0 Å². The van der Waals surface area contributed by atoms with E-state index in [4.69, 9.17) is 0 Å². The maximum Gasteiger partial charge on any atom is 0.272 e. The second kappa shape index (κ2) is 5.45. The first-order chi connectivity index (χ1) is 5.21. The maximum atomic E-state index is 11.5. The molecule has 5 heteroatoms. The van der Waals surface area contributed by atoms with E-state index in [-0.39, 0.29) is 25.5 Å². The third kappa shape index (κ3) is 4.64. The smallest absolute Gasteiger partial charge is 0.272 e. The first-order valence-electron chi connectivity index (χ1n) is 3.65. The van der Waals surface area contributed by atoms with Crippen molar-refractivity contribution in [3.8, 4) is 0 Å². The predicted octanol–water partition coefficient (Wildman–Crippen LogP) is 0.792. The van der Waals surface area contributed by atoms with Gasteiger partial charge in [-0.05, 0) is 0 Å². The highest BCUT2D eigenvalue weighted by atomic mass is 35.5. The van der Waals surface area contributed by atoms with E-state index in [1.165, 1.54) is 0 Å². The number of rotatable bonds is 0. The van der Waals surface area contributed by atoms with Crippen LogP contribution in [0.3, 0.4) is 0 Å². The zero-order chi connectivity index (χ0) is 8.16. The van der Waals surface area contributed by atoms with Gasteiger partial charge in [-0.3, -0.25) is 0 Å². The minimum absolute atomic E-state index is 0. The number of nitrogens with one attached hydrogen (secondary N) is 2. The van der Waals surface area contributed by atoms with E-state index in [2.05, 4.69) is 22.8 Å². The van der Waals surface area contributed by atoms with E-state index < -0.39 is 5.92 Å². The van der Waals surface area contributed by atoms with Crippen molar-refractivity contribution in [1.82, 2.24) is 10.6 Å². The quantitative estimate of drug-likeness (QED) is 0.563. The van der Waals surface area contributed by atoms with Crippen molar-refractivity contribution < 1.29 is 8.78 Å². The minimum atomic E-state index is -2.39. The van der Waals surface area contributed by atoms with Gasteiger partial charge in [0.2, 0.25) is 0 Å². The predicted molar refractivity (Wildman–Crippen MR) is 47.1 cm³/mol. The zero-order valence-corrected chi connectivity index (χ0v) is 7.46. The molecule has 2 aliphatic rings. The Bertz CT molecular complexity index is 138. The molecular formula is C7H13ClF2N2. The molecule has 1 fully saturated rings. The molecule has 0 saturated carbocycles. The van der Waals surface area contributed by atoms with Gasteiger partial charge in [0, 0.05) is 13.1 Å². The van der Waals surface area contributed by atoms with Gasteiger partial charge >= 0.3 is 0 Å². The molecule has 0 unspecified atom stereocenters. The molecule has 0 spiro atoms. The second-order valence-electron chi connectivity index (χ2n) is 2.59. The molecule has 2 heterocycles. The fourth-order valence-electron chi connectivity index (χ4n) is 0.731. The van der Waals surface area contributed by atoms with Gasteiger partial charge in [-0.1, -0.05) is 12.2 Å². The maximum absolute atomic E-state index is 11.5. The zero-order valence-electron chi connectivity index (χ0n) is 6.65. The molecule has 0 bridgehead atoms. The summed E-state index contributed by atoms with van der Waals surface area (Å²) >= 11 is 0. The summed E-state index contributed by atoms with van der Waals surface area (Å²) in [6, 6.07) is 0. The molecule has 0 atom stereocenters. The van der Waals surface area contributed by atoms with E-state index in [0.29, 0.717) is 0 Å². The third-order valence-electron chi connectivity index (χ3n) is 1.46. The lowest BCUT2D eigenvalue weighted by Crippen LogP contribution is -2.52. The fraction of sp³-hybridized carbons (Fsp3) is 0.714. The highest BCUT2D eigenvalue weighted by Crippen LogP contribution is 2.16. The molecular weight excluding hydrogens is 186 g/mol. The van der Waals surface area contributed by atoms with Crippen molar-refractivity contribution in [3.63, 3.8) is 0 Å². The summed E-state index contributed by atoms with van der Waals surface area (Å²) in [6.07, 6.45) is 4.25. The molecule has 0 radical (unpaired) electrons. The van der Waals surface area contributed by atoms with Crippen LogP contribution in [0.4, 0.5) is 8.78 Å². The van der Waals surface area contributed by atoms with E-state index in [1.54, 1.807) is 0 Å². The monoisotopic (exact) mass is 198 g/mol. The average Bonchev–Trinajstić information content (AvgIpc) is 2.39. The third-order valence-corrected chi connectivity index (χ3v) is 1.46. The summed E-state index contributed by atoms with van der Waals surface area (Å²) in [5.41, 5.74) is 0. The van der Waals surface area contributed by atoms with Crippen molar-refractivity contribution in [2.45, 2.75) is 5.92 Å². The average molecular weight is 199 g/mol. The van der Waals surface area contributed by atoms with Crippen LogP contribution in [0.25, 0.3) is 0 Å². The lowest BCUT2D eigenvalue weighted by atomic mass is 10.2. The first-order valence-corrected chi connectivity index (χ1v) is 3.65. The Kier molecular flexibility index (Phi) is 5.37. The summed E-state index contributed by atoms with van der Waals surface area (Å²) < 4.78 is 23.0. The summed E-state index contributed by atoms with van der Waals surface area (Å²) in [6.45, 7) is 1.88. The Morgan fingerprint density at radius 2 is 1.42 bits per heavy atom. The summed E-state index contributed by atoms with van der Waals surface area (Å²) in [5.74, 6) is -2.39. The van der Waals surface area contributed by atoms with Crippen LogP contribution >= 0.6 is 12.4 Å². The Hall–Kier alpha value is -0.190. The summed E-state index contributed by atoms with van der Waals surface area (Å²) in [7, 11) is 0. The van der Waals surface area contributed by atoms with E-state index in [1.807, 2.05) is 0 Å². The molecule has 0 aromatic carbocycles. The number of hydrogen-bond donors (Lipinski definition) is 2. The van der Waals surface area contributed by atoms with Gasteiger partial charge in [0.05, 0.1) is 13.1 Å². The van der Waals surface area contributed by atoms with Gasteiger partial charge < -0.3 is 10.6 Å². The molecule has 1 saturated heterocycles. The minimum Gasteiger partial charge on any atom is -0.310 e. The Labute approximate surface area is 76.8 Å². The van der Waals surface area contributed by atoms with Crippen LogP contribution in [0.15, 0.2) is 12.2 Å². The first kappa shape index (κ1) is 11.8. The van der Waals surface area contributed by atoms with Crippen LogP contribution in [0, 0.1) is 0 Å². The Morgan fingerprint density at radius 3 is 1.50 bits per heavy atom. The standard InChI is InChI=1S/C4H7N.C3H5F2N.ClH/c1-2-4-5-3-1;4-3(5)1-6-2-3;/h1-2,5H,3-4H2;6H,1-2H2;1H. The molecule has 12 heavy (non-hydrogen) atoms. The summed E-state index contributed by atoms with van der Waals surface area (Å²) in [5, 5.41) is 5.56. The Balaban J connectivity index is 0.000000189. The van der Waals surface area contributed by atoms with Crippen molar-refractivity contribution in [3.05, 3.63) is 12.2 Å². The molecule has 2 nitrogen and oxygen atoms in total. The number of hydrogen-bond acceptors (Lipinski definition) is 2. The molecule has 2 rings (SSSR count). The second-order valence-corrected chi connectivity index (χ2v) is 2.59. The van der Waals surface area contributed by atoms with Crippen molar-refractivity contribution in [2.24, 2.45) is 0 Å². The van der Waals surface area contributed by atoms with E-state index in [0.717, 1.165) is 13.1 Å². The van der Waals surface area contributed by atoms with Gasteiger partial charge in [0.15, 0.2) is 0 Å². The van der Waals surface area contributed by atoms with Gasteiger partial charge in [0.25, 0.3) is 5.92 Å². The van der Waals surface area contributed by atoms with Gasteiger partial charge in [-0.25, -0.2) is 8.78 Å². The molecule has 0 amide bonds. The fourth-order valence-corrected chi connectivity index (χ4v) is 0.731. The van der Waals surface area contributed by atoms with Crippen LogP contribution in [-0.2, 0) is 0 Å². The van der Waals surface area contributed by atoms with Gasteiger partial charge in [-0.15, -0.1) is 12.4 Å². The highest BCUT2D eigenvalue weighted by Gasteiger charge is 2.36. The van der Waals surface area contributed by atoms with Crippen LogP contribution < -0.4 is 10.6 Å². The number of halogens is 3. The lowest BCUT2D eigenvalue weighted by molar-refractivity contribution is -0.0475. The van der Waals surface area contributed by atoms with E-state index >= 15 is 0 Å². The molecule has 72 valence electrons. The van der Waals surface area contributed by atoms with Crippen molar-refractivity contribution >= 4 is 12.4 Å². The van der Waals surface area contributed by atoms with E-state index in [9.17, 15) is 8.78 Å². The van der Waals surface area contributed by atoms with Crippen LogP contribution in [0.1, 0.15) is 0 Å². The molecule has 0 aromatic rings. The topological polar surface area (TPSA) is 24.1 Å². The SMILES string of the molecule is C1=CCNC1.Cl.FC1(F)CNC1. The highest BCUT2D eigenvalue weighted by molar-refractivity contribution is 5.85. The molecule has 2 N–H and O–H groups in total. The van der Waals surface area contributed by atoms with Crippen LogP contribution in [-0.4, -0.2) is 32.1 Å². The summed E-state index contributed by atoms with van der Waals surface area (Å²) in [4.78, 5) is 0. The lowest BCUT2D eigenvalue weighted by Gasteiger charge is -2.25. The van der Waals surface area contributed by atoms with Crippen LogP contribution in [0.5, 0.6) is 0 Å². The normalized spacial score (nSPS) is 23.2. The molecule has 0 aromatic heterocycles. The van der Waals surface area contributed by atoms with Gasteiger partial charge in [0.1, 0.15) is 0 Å². The molecule has 0 aliphatic carbocycles. The van der Waals surface area contributed by atoms with Crippen molar-refractivity contribution in [2.75, 3.05) is 26.2 Å². The Morgan fingerprint density at radius 1 is 1.00 bits per heavy atom. The number of alkyl halides is 2. The largest absolute Gasteiger partial charge is 0.310 e. The van der Waals surface area contributed by atoms with Gasteiger partial charge in [-0.2, -0.15) is 0 Å². The van der Waals surface area contributed by atoms with Crippen LogP contribution in [0.2, 0.25) is 0 Å².